The van der Waals surface area contributed by atoms with Crippen LogP contribution in [-0.4, -0.2) is 40.7 Å². The molecule has 2 aliphatic rings. The molecule has 1 saturated heterocycles. The zero-order valence-electron chi connectivity index (χ0n) is 14.5. The van der Waals surface area contributed by atoms with Gasteiger partial charge >= 0.3 is 0 Å². The van der Waals surface area contributed by atoms with Crippen LogP contribution >= 0.6 is 0 Å². The van der Waals surface area contributed by atoms with E-state index in [2.05, 4.69) is 10.6 Å². The minimum atomic E-state index is -1.11. The van der Waals surface area contributed by atoms with Crippen molar-refractivity contribution in [2.45, 2.75) is 63.7 Å². The topological polar surface area (TPSA) is 78.5 Å². The molecule has 1 aromatic rings. The highest BCUT2D eigenvalue weighted by molar-refractivity contribution is 6.10. The lowest BCUT2D eigenvalue weighted by atomic mass is 9.95. The van der Waals surface area contributed by atoms with Crippen LogP contribution in [0, 0.1) is 0 Å². The zero-order chi connectivity index (χ0) is 17.8. The van der Waals surface area contributed by atoms with Gasteiger partial charge in [-0.05, 0) is 25.3 Å². The van der Waals surface area contributed by atoms with E-state index < -0.39 is 18.0 Å². The molecule has 6 nitrogen and oxygen atoms in total. The summed E-state index contributed by atoms with van der Waals surface area (Å²) in [4.78, 5) is 39.2. The number of hydrogen-bond acceptors (Lipinski definition) is 3. The van der Waals surface area contributed by atoms with Gasteiger partial charge in [-0.2, -0.15) is 0 Å². The number of benzene rings is 1. The quantitative estimate of drug-likeness (QED) is 0.810. The Morgan fingerprint density at radius 1 is 1.16 bits per heavy atom. The molecule has 0 spiro atoms. The summed E-state index contributed by atoms with van der Waals surface area (Å²) < 4.78 is 0. The number of nitrogens with one attached hydrogen (secondary N) is 2. The highest BCUT2D eigenvalue weighted by Gasteiger charge is 2.43. The molecular formula is C19H25N3O3. The van der Waals surface area contributed by atoms with Crippen LogP contribution in [0.1, 0.15) is 44.6 Å². The molecule has 2 N–H and O–H groups in total. The lowest BCUT2D eigenvalue weighted by Crippen LogP contribution is -2.66. The molecule has 3 amide bonds. The van der Waals surface area contributed by atoms with Gasteiger partial charge in [0.1, 0.15) is 6.04 Å². The third-order valence-electron chi connectivity index (χ3n) is 4.97. The van der Waals surface area contributed by atoms with E-state index in [0.717, 1.165) is 31.2 Å². The fraction of sp³-hybridized carbons (Fsp3) is 0.526. The standard InChI is InChI=1S/C19H25N3O3/c1-13-19(25)22(12-14-8-4-2-5-9-14)16(17(23)20-13)18(24)21-15-10-6-3-7-11-15/h2,4-5,8-9,13,15-16H,3,6-7,10-12H2,1H3,(H,20,23)(H,21,24). The minimum absolute atomic E-state index is 0.0991. The van der Waals surface area contributed by atoms with Crippen LogP contribution in [0.2, 0.25) is 0 Å². The van der Waals surface area contributed by atoms with Crippen LogP contribution in [0.15, 0.2) is 30.3 Å². The average molecular weight is 343 g/mol. The molecule has 6 heteroatoms. The smallest absolute Gasteiger partial charge is 0.253 e. The van der Waals surface area contributed by atoms with Crippen molar-refractivity contribution in [2.24, 2.45) is 0 Å². The van der Waals surface area contributed by atoms with E-state index in [1.807, 2.05) is 30.3 Å². The van der Waals surface area contributed by atoms with E-state index in [4.69, 9.17) is 0 Å². The molecule has 2 unspecified atom stereocenters. The maximum Gasteiger partial charge on any atom is 0.253 e. The van der Waals surface area contributed by atoms with Gasteiger partial charge < -0.3 is 15.5 Å². The first-order valence-corrected chi connectivity index (χ1v) is 9.01. The van der Waals surface area contributed by atoms with Gasteiger partial charge in [0, 0.05) is 12.6 Å². The Morgan fingerprint density at radius 3 is 2.52 bits per heavy atom. The molecule has 2 atom stereocenters. The lowest BCUT2D eigenvalue weighted by Gasteiger charge is -2.38. The normalized spacial score (nSPS) is 24.8. The maximum absolute atomic E-state index is 12.8. The third-order valence-corrected chi connectivity index (χ3v) is 4.97. The Kier molecular flexibility index (Phi) is 5.36. The largest absolute Gasteiger partial charge is 0.351 e. The van der Waals surface area contributed by atoms with Crippen molar-refractivity contribution < 1.29 is 14.4 Å². The Morgan fingerprint density at radius 2 is 1.84 bits per heavy atom. The first kappa shape index (κ1) is 17.5. The summed E-state index contributed by atoms with van der Waals surface area (Å²) in [6.07, 6.45) is 5.23. The van der Waals surface area contributed by atoms with Gasteiger partial charge in [0.25, 0.3) is 11.8 Å². The Hall–Kier alpha value is -2.37. The van der Waals surface area contributed by atoms with Crippen LogP contribution in [0.3, 0.4) is 0 Å². The molecule has 1 aliphatic heterocycles. The Labute approximate surface area is 148 Å². The molecule has 1 aliphatic carbocycles. The van der Waals surface area contributed by atoms with Crippen molar-refractivity contribution in [1.82, 2.24) is 15.5 Å². The van der Waals surface area contributed by atoms with E-state index in [1.165, 1.54) is 11.3 Å². The number of piperazine rings is 1. The second-order valence-electron chi connectivity index (χ2n) is 6.93. The zero-order valence-corrected chi connectivity index (χ0v) is 14.5. The van der Waals surface area contributed by atoms with Gasteiger partial charge in [0.2, 0.25) is 5.91 Å². The van der Waals surface area contributed by atoms with Crippen molar-refractivity contribution in [1.29, 1.82) is 0 Å². The first-order valence-electron chi connectivity index (χ1n) is 9.01. The highest BCUT2D eigenvalue weighted by Crippen LogP contribution is 2.19. The van der Waals surface area contributed by atoms with E-state index >= 15 is 0 Å². The van der Waals surface area contributed by atoms with Gasteiger partial charge in [0.15, 0.2) is 6.04 Å². The summed E-state index contributed by atoms with van der Waals surface area (Å²) in [5.74, 6) is -1.01. The molecule has 25 heavy (non-hydrogen) atoms. The Balaban J connectivity index is 1.78. The van der Waals surface area contributed by atoms with Crippen molar-refractivity contribution in [3.05, 3.63) is 35.9 Å². The molecule has 2 fully saturated rings. The number of carbonyl (C=O) groups is 3. The maximum atomic E-state index is 12.8. The molecule has 134 valence electrons. The predicted molar refractivity (Wildman–Crippen MR) is 93.4 cm³/mol. The molecule has 0 radical (unpaired) electrons. The van der Waals surface area contributed by atoms with Crippen LogP contribution < -0.4 is 10.6 Å². The summed E-state index contributed by atoms with van der Waals surface area (Å²) in [7, 11) is 0. The second kappa shape index (κ2) is 7.68. The van der Waals surface area contributed by atoms with E-state index in [1.54, 1.807) is 6.92 Å². The average Bonchev–Trinajstić information content (AvgIpc) is 2.61. The van der Waals surface area contributed by atoms with E-state index in [-0.39, 0.29) is 24.4 Å². The second-order valence-corrected chi connectivity index (χ2v) is 6.93. The number of rotatable bonds is 4. The molecule has 1 heterocycles. The van der Waals surface area contributed by atoms with Crippen LogP contribution in [0.5, 0.6) is 0 Å². The monoisotopic (exact) mass is 343 g/mol. The van der Waals surface area contributed by atoms with Gasteiger partial charge in [0.05, 0.1) is 0 Å². The third kappa shape index (κ3) is 4.00. The van der Waals surface area contributed by atoms with Gasteiger partial charge in [-0.15, -0.1) is 0 Å². The fourth-order valence-corrected chi connectivity index (χ4v) is 3.61. The van der Waals surface area contributed by atoms with Gasteiger partial charge in [-0.25, -0.2) is 0 Å². The van der Waals surface area contributed by atoms with Gasteiger partial charge in [-0.1, -0.05) is 49.6 Å². The van der Waals surface area contributed by atoms with Crippen LogP contribution in [-0.2, 0) is 20.9 Å². The first-order chi connectivity index (χ1) is 12.1. The van der Waals surface area contributed by atoms with Crippen molar-refractivity contribution in [3.8, 4) is 0 Å². The van der Waals surface area contributed by atoms with E-state index in [0.29, 0.717) is 0 Å². The summed E-state index contributed by atoms with van der Waals surface area (Å²) in [5.41, 5.74) is 0.896. The summed E-state index contributed by atoms with van der Waals surface area (Å²) in [6.45, 7) is 1.90. The fourth-order valence-electron chi connectivity index (χ4n) is 3.61. The summed E-state index contributed by atoms with van der Waals surface area (Å²) >= 11 is 0. The predicted octanol–water partition coefficient (Wildman–Crippen LogP) is 1.35. The minimum Gasteiger partial charge on any atom is -0.351 e. The molecule has 1 aromatic carbocycles. The Bertz CT molecular complexity index is 641. The van der Waals surface area contributed by atoms with Crippen molar-refractivity contribution >= 4 is 17.7 Å². The van der Waals surface area contributed by atoms with Gasteiger partial charge in [-0.3, -0.25) is 14.4 Å². The summed E-state index contributed by atoms with van der Waals surface area (Å²) in [6, 6.07) is 7.81. The number of hydrogen-bond donors (Lipinski definition) is 2. The highest BCUT2D eigenvalue weighted by atomic mass is 16.2. The van der Waals surface area contributed by atoms with Crippen molar-refractivity contribution in [2.75, 3.05) is 0 Å². The SMILES string of the molecule is CC1NC(=O)C(C(=O)NC2CCCCC2)N(Cc2ccccc2)C1=O. The van der Waals surface area contributed by atoms with Crippen molar-refractivity contribution in [3.63, 3.8) is 0 Å². The van der Waals surface area contributed by atoms with Crippen LogP contribution in [0.25, 0.3) is 0 Å². The molecule has 0 bridgehead atoms. The number of amides is 3. The molecule has 1 saturated carbocycles. The summed E-state index contributed by atoms with van der Waals surface area (Å²) in [5, 5.41) is 5.60. The van der Waals surface area contributed by atoms with Crippen LogP contribution in [0.4, 0.5) is 0 Å². The molecule has 3 rings (SSSR count). The number of carbonyl (C=O) groups excluding carboxylic acids is 3. The molecule has 0 aromatic heterocycles. The lowest BCUT2D eigenvalue weighted by molar-refractivity contribution is -0.155. The number of nitrogens with zero attached hydrogens (tertiary/aromatic N) is 1. The molecular weight excluding hydrogens is 318 g/mol. The van der Waals surface area contributed by atoms with E-state index in [9.17, 15) is 14.4 Å².